The summed E-state index contributed by atoms with van der Waals surface area (Å²) < 4.78 is 53.3. The topological polar surface area (TPSA) is 35.6 Å². The first-order valence-electron chi connectivity index (χ1n) is 12.0. The van der Waals surface area contributed by atoms with Crippen LogP contribution in [0, 0.1) is 11.7 Å². The van der Waals surface area contributed by atoms with Crippen LogP contribution in [0.5, 0.6) is 0 Å². The number of nitrogens with zero attached hydrogens (tertiary/aromatic N) is 2. The smallest absolute Gasteiger partial charge is 0.365 e. The molecule has 0 radical (unpaired) electrons. The predicted octanol–water partition coefficient (Wildman–Crippen LogP) is 4.77. The molecule has 2 unspecified atom stereocenters. The summed E-state index contributed by atoms with van der Waals surface area (Å²) in [6, 6.07) is 10.3. The number of carbonyl (C=O) groups excluding carboxylic acids is 1. The second-order valence-electron chi connectivity index (χ2n) is 9.69. The second-order valence-corrected chi connectivity index (χ2v) is 9.69. The Balaban J connectivity index is 1.40. The molecule has 182 valence electrons. The van der Waals surface area contributed by atoms with Gasteiger partial charge in [0.1, 0.15) is 5.82 Å². The van der Waals surface area contributed by atoms with Crippen molar-refractivity contribution in [2.45, 2.75) is 56.9 Å². The van der Waals surface area contributed by atoms with Crippen LogP contribution in [0.3, 0.4) is 0 Å². The van der Waals surface area contributed by atoms with E-state index < -0.39 is 17.7 Å². The highest BCUT2D eigenvalue weighted by molar-refractivity contribution is 5.82. The molecule has 0 spiro atoms. The number of piperazine rings is 1. The van der Waals surface area contributed by atoms with Crippen LogP contribution < -0.4 is 10.2 Å². The normalized spacial score (nSPS) is 23.5. The lowest BCUT2D eigenvalue weighted by Gasteiger charge is -2.50. The third-order valence-electron chi connectivity index (χ3n) is 7.63. The van der Waals surface area contributed by atoms with Gasteiger partial charge in [-0.15, -0.1) is 0 Å². The van der Waals surface area contributed by atoms with Gasteiger partial charge in [-0.05, 0) is 60.7 Å². The van der Waals surface area contributed by atoms with E-state index in [0.29, 0.717) is 18.2 Å². The van der Waals surface area contributed by atoms with E-state index in [1.807, 2.05) is 0 Å². The lowest BCUT2D eigenvalue weighted by atomic mass is 9.82. The van der Waals surface area contributed by atoms with Gasteiger partial charge < -0.3 is 10.2 Å². The number of nitrogens with one attached hydrogen (secondary N) is 1. The summed E-state index contributed by atoms with van der Waals surface area (Å²) in [5.41, 5.74) is 1.48. The van der Waals surface area contributed by atoms with Gasteiger partial charge in [-0.2, -0.15) is 13.2 Å². The molecule has 1 N–H and O–H groups in total. The Kier molecular flexibility index (Phi) is 6.27. The maximum absolute atomic E-state index is 13.4. The Labute approximate surface area is 196 Å². The molecule has 2 aromatic rings. The van der Waals surface area contributed by atoms with Crippen molar-refractivity contribution in [1.29, 1.82) is 0 Å². The van der Waals surface area contributed by atoms with Crippen molar-refractivity contribution in [2.24, 2.45) is 5.92 Å². The molecule has 8 heteroatoms. The zero-order chi connectivity index (χ0) is 23.9. The molecule has 5 rings (SSSR count). The Morgan fingerprint density at radius 2 is 1.76 bits per heavy atom. The minimum absolute atomic E-state index is 0.0909. The van der Waals surface area contributed by atoms with Gasteiger partial charge in [-0.25, -0.2) is 4.39 Å². The van der Waals surface area contributed by atoms with Crippen molar-refractivity contribution in [2.75, 3.05) is 24.5 Å². The van der Waals surface area contributed by atoms with Gasteiger partial charge in [0.2, 0.25) is 5.91 Å². The highest BCUT2D eigenvalue weighted by Crippen LogP contribution is 2.40. The highest BCUT2D eigenvalue weighted by atomic mass is 19.4. The fourth-order valence-electron chi connectivity index (χ4n) is 5.85. The molecule has 2 heterocycles. The van der Waals surface area contributed by atoms with Gasteiger partial charge in [-0.3, -0.25) is 9.69 Å². The fourth-order valence-corrected chi connectivity index (χ4v) is 5.85. The summed E-state index contributed by atoms with van der Waals surface area (Å²) in [6.07, 6.45) is 0.626. The van der Waals surface area contributed by atoms with Crippen LogP contribution in [0.4, 0.5) is 23.2 Å². The van der Waals surface area contributed by atoms with E-state index in [2.05, 4.69) is 15.1 Å². The van der Waals surface area contributed by atoms with Crippen LogP contribution >= 0.6 is 0 Å². The number of anilines is 1. The van der Waals surface area contributed by atoms with E-state index in [0.717, 1.165) is 30.4 Å². The number of fused-ring (bicyclic) bond motifs is 3. The number of benzene rings is 2. The highest BCUT2D eigenvalue weighted by Gasteiger charge is 2.43. The Morgan fingerprint density at radius 1 is 1.03 bits per heavy atom. The van der Waals surface area contributed by atoms with Crippen molar-refractivity contribution in [3.8, 4) is 0 Å². The quantitative estimate of drug-likeness (QED) is 0.648. The number of hydrogen-bond acceptors (Lipinski definition) is 3. The maximum atomic E-state index is 13.4. The molecule has 4 nitrogen and oxygen atoms in total. The molecule has 1 aliphatic carbocycles. The first-order valence-corrected chi connectivity index (χ1v) is 12.0. The molecule has 2 aromatic carbocycles. The molecular formula is C26H29F4N3O. The first-order chi connectivity index (χ1) is 16.3. The van der Waals surface area contributed by atoms with E-state index in [-0.39, 0.29) is 30.7 Å². The number of halogens is 4. The minimum atomic E-state index is -4.42. The zero-order valence-corrected chi connectivity index (χ0v) is 19.0. The van der Waals surface area contributed by atoms with Crippen LogP contribution in [-0.4, -0.2) is 42.5 Å². The van der Waals surface area contributed by atoms with Gasteiger partial charge in [0.05, 0.1) is 17.5 Å². The van der Waals surface area contributed by atoms with Crippen LogP contribution in [0.15, 0.2) is 42.5 Å². The van der Waals surface area contributed by atoms with E-state index in [1.165, 1.54) is 43.9 Å². The maximum Gasteiger partial charge on any atom is 0.416 e. The number of alkyl halides is 3. The van der Waals surface area contributed by atoms with Crippen molar-refractivity contribution in [3.05, 3.63) is 65.0 Å². The molecule has 34 heavy (non-hydrogen) atoms. The molecule has 2 fully saturated rings. The summed E-state index contributed by atoms with van der Waals surface area (Å²) in [5, 5.41) is 2.95. The second kappa shape index (κ2) is 9.21. The average Bonchev–Trinajstić information content (AvgIpc) is 3.37. The van der Waals surface area contributed by atoms with Gasteiger partial charge in [0.15, 0.2) is 0 Å². The van der Waals surface area contributed by atoms with E-state index >= 15 is 0 Å². The molecule has 1 saturated carbocycles. The van der Waals surface area contributed by atoms with Gasteiger partial charge >= 0.3 is 6.18 Å². The van der Waals surface area contributed by atoms with Crippen LogP contribution in [0.25, 0.3) is 0 Å². The Hall–Kier alpha value is -2.61. The number of rotatable bonds is 4. The summed E-state index contributed by atoms with van der Waals surface area (Å²) in [5.74, 6) is -0.972. The zero-order valence-electron chi connectivity index (χ0n) is 19.0. The standard InChI is InChI=1S/C26H29F4N3O/c27-20-8-5-17(6-9-20)15-31-25(34)22-14-18-13-19(26(28,29)30)7-10-23(18)33-12-11-32(16-24(22)33)21-3-1-2-4-21/h5-10,13,21-22,24H,1-4,11-12,14-16H2,(H,31,34). The number of hydrogen-bond donors (Lipinski definition) is 1. The molecule has 1 amide bonds. The third-order valence-corrected chi connectivity index (χ3v) is 7.63. The largest absolute Gasteiger partial charge is 0.416 e. The van der Waals surface area contributed by atoms with Crippen LogP contribution in [-0.2, 0) is 23.9 Å². The van der Waals surface area contributed by atoms with Gasteiger partial charge in [0, 0.05) is 37.9 Å². The first kappa shape index (κ1) is 23.1. The summed E-state index contributed by atoms with van der Waals surface area (Å²) in [4.78, 5) is 18.0. The Bertz CT molecular complexity index is 1030. The molecular weight excluding hydrogens is 446 g/mol. The Morgan fingerprint density at radius 3 is 2.47 bits per heavy atom. The molecule has 2 aliphatic heterocycles. The third kappa shape index (κ3) is 4.65. The summed E-state index contributed by atoms with van der Waals surface area (Å²) in [7, 11) is 0. The molecule has 3 aliphatic rings. The van der Waals surface area contributed by atoms with Crippen molar-refractivity contribution < 1.29 is 22.4 Å². The molecule has 1 saturated heterocycles. The average molecular weight is 476 g/mol. The van der Waals surface area contributed by atoms with Crippen molar-refractivity contribution >= 4 is 11.6 Å². The molecule has 0 bridgehead atoms. The monoisotopic (exact) mass is 475 g/mol. The minimum Gasteiger partial charge on any atom is -0.365 e. The fraction of sp³-hybridized carbons (Fsp3) is 0.500. The lowest BCUT2D eigenvalue weighted by molar-refractivity contribution is -0.137. The van der Waals surface area contributed by atoms with E-state index in [1.54, 1.807) is 18.2 Å². The van der Waals surface area contributed by atoms with Crippen LogP contribution in [0.1, 0.15) is 42.4 Å². The van der Waals surface area contributed by atoms with E-state index in [9.17, 15) is 22.4 Å². The van der Waals surface area contributed by atoms with E-state index in [4.69, 9.17) is 0 Å². The molecule has 0 aromatic heterocycles. The number of amides is 1. The van der Waals surface area contributed by atoms with Crippen molar-refractivity contribution in [1.82, 2.24) is 10.2 Å². The van der Waals surface area contributed by atoms with Gasteiger partial charge in [-0.1, -0.05) is 25.0 Å². The lowest BCUT2D eigenvalue weighted by Crippen LogP contribution is -2.62. The van der Waals surface area contributed by atoms with Crippen LogP contribution in [0.2, 0.25) is 0 Å². The summed E-state index contributed by atoms with van der Waals surface area (Å²) in [6.45, 7) is 2.54. The summed E-state index contributed by atoms with van der Waals surface area (Å²) >= 11 is 0. The predicted molar refractivity (Wildman–Crippen MR) is 122 cm³/mol. The number of carbonyl (C=O) groups is 1. The molecule has 2 atom stereocenters. The van der Waals surface area contributed by atoms with Gasteiger partial charge in [0.25, 0.3) is 0 Å². The van der Waals surface area contributed by atoms with Crippen molar-refractivity contribution in [3.63, 3.8) is 0 Å². The SMILES string of the molecule is O=C(NCc1ccc(F)cc1)C1Cc2cc(C(F)(F)F)ccc2N2CCN(C3CCCC3)CC12.